The molecule has 128 valence electrons. The van der Waals surface area contributed by atoms with Crippen LogP contribution in [0.25, 0.3) is 0 Å². The van der Waals surface area contributed by atoms with E-state index in [-0.39, 0.29) is 18.1 Å². The maximum Gasteiger partial charge on any atom is 0.422 e. The summed E-state index contributed by atoms with van der Waals surface area (Å²) in [5.41, 5.74) is 0.105. The van der Waals surface area contributed by atoms with Gasteiger partial charge in [0.2, 0.25) is 5.88 Å². The minimum absolute atomic E-state index is 0.0712. The molecule has 2 aromatic heterocycles. The van der Waals surface area contributed by atoms with Gasteiger partial charge in [-0.3, -0.25) is 0 Å². The number of alkyl halides is 3. The minimum Gasteiger partial charge on any atom is -0.468 e. The Balaban J connectivity index is 1.74. The number of ether oxygens (including phenoxy) is 2. The summed E-state index contributed by atoms with van der Waals surface area (Å²) in [6.07, 6.45) is -1.83. The van der Waals surface area contributed by atoms with Gasteiger partial charge in [0.25, 0.3) is 0 Å². The molecular weight excluding hydrogens is 329 g/mol. The van der Waals surface area contributed by atoms with Crippen molar-refractivity contribution in [1.29, 1.82) is 0 Å². The molecule has 0 amide bonds. The van der Waals surface area contributed by atoms with Gasteiger partial charge in [0.1, 0.15) is 12.4 Å². The van der Waals surface area contributed by atoms with Crippen LogP contribution in [0.15, 0.2) is 36.7 Å². The second kappa shape index (κ2) is 8.09. The molecule has 0 aliphatic rings. The van der Waals surface area contributed by atoms with E-state index in [1.807, 2.05) is 0 Å². The second-order valence-corrected chi connectivity index (χ2v) is 4.46. The van der Waals surface area contributed by atoms with Crippen LogP contribution in [0, 0.1) is 0 Å². The van der Waals surface area contributed by atoms with E-state index < -0.39 is 18.8 Å². The number of halogens is 3. The lowest BCUT2D eigenvalue weighted by Crippen LogP contribution is -2.19. The molecule has 24 heavy (non-hydrogen) atoms. The predicted octanol–water partition coefficient (Wildman–Crippen LogP) is 2.08. The molecule has 0 aliphatic heterocycles. The summed E-state index contributed by atoms with van der Waals surface area (Å²) in [4.78, 5) is 15.4. The summed E-state index contributed by atoms with van der Waals surface area (Å²) in [5.74, 6) is -0.333. The lowest BCUT2D eigenvalue weighted by atomic mass is 10.3. The Bertz CT molecular complexity index is 651. The molecule has 0 saturated heterocycles. The maximum atomic E-state index is 12.0. The van der Waals surface area contributed by atoms with E-state index in [1.165, 1.54) is 18.3 Å². The fourth-order valence-electron chi connectivity index (χ4n) is 1.54. The molecule has 0 atom stereocenters. The van der Waals surface area contributed by atoms with Crippen LogP contribution in [0.5, 0.6) is 5.88 Å². The van der Waals surface area contributed by atoms with Gasteiger partial charge < -0.3 is 14.8 Å². The minimum atomic E-state index is -4.45. The van der Waals surface area contributed by atoms with Gasteiger partial charge in [-0.1, -0.05) is 0 Å². The third kappa shape index (κ3) is 6.07. The molecule has 2 heterocycles. The van der Waals surface area contributed by atoms with Crippen LogP contribution < -0.4 is 10.1 Å². The molecule has 7 nitrogen and oxygen atoms in total. The van der Waals surface area contributed by atoms with Gasteiger partial charge in [-0.15, -0.1) is 5.10 Å². The Kier molecular flexibility index (Phi) is 5.88. The van der Waals surface area contributed by atoms with Crippen LogP contribution in [-0.2, 0) is 4.74 Å². The molecule has 0 unspecified atom stereocenters. The van der Waals surface area contributed by atoms with Crippen molar-refractivity contribution in [3.8, 4) is 5.88 Å². The van der Waals surface area contributed by atoms with Crippen molar-refractivity contribution in [1.82, 2.24) is 15.2 Å². The molecule has 0 radical (unpaired) electrons. The van der Waals surface area contributed by atoms with Crippen LogP contribution in [0.3, 0.4) is 0 Å². The van der Waals surface area contributed by atoms with Crippen molar-refractivity contribution in [2.45, 2.75) is 6.18 Å². The first-order chi connectivity index (χ1) is 11.4. The Morgan fingerprint density at radius 3 is 2.71 bits per heavy atom. The number of pyridine rings is 1. The van der Waals surface area contributed by atoms with Crippen molar-refractivity contribution in [2.24, 2.45) is 0 Å². The SMILES string of the molecule is O=C(OCCNc1cccnn1)c1ccc(OCC(F)(F)F)nc1. The van der Waals surface area contributed by atoms with E-state index in [0.717, 1.165) is 6.20 Å². The molecule has 10 heteroatoms. The van der Waals surface area contributed by atoms with Gasteiger partial charge in [-0.05, 0) is 18.2 Å². The zero-order valence-electron chi connectivity index (χ0n) is 12.3. The molecular formula is C14H13F3N4O3. The first-order valence-corrected chi connectivity index (χ1v) is 6.78. The smallest absolute Gasteiger partial charge is 0.422 e. The molecule has 0 bridgehead atoms. The monoisotopic (exact) mass is 342 g/mol. The molecule has 2 rings (SSSR count). The summed E-state index contributed by atoms with van der Waals surface area (Å²) in [7, 11) is 0. The van der Waals surface area contributed by atoms with Gasteiger partial charge in [-0.25, -0.2) is 9.78 Å². The normalized spacial score (nSPS) is 11.0. The molecule has 0 saturated carbocycles. The zero-order chi connectivity index (χ0) is 17.4. The van der Waals surface area contributed by atoms with Crippen LogP contribution in [-0.4, -0.2) is 47.1 Å². The Morgan fingerprint density at radius 2 is 2.08 bits per heavy atom. The van der Waals surface area contributed by atoms with E-state index in [9.17, 15) is 18.0 Å². The number of hydrogen-bond donors (Lipinski definition) is 1. The number of esters is 1. The molecule has 0 fully saturated rings. The molecule has 0 aliphatic carbocycles. The zero-order valence-corrected chi connectivity index (χ0v) is 12.3. The molecule has 0 aromatic carbocycles. The number of anilines is 1. The number of aromatic nitrogens is 3. The highest BCUT2D eigenvalue weighted by molar-refractivity contribution is 5.89. The van der Waals surface area contributed by atoms with Crippen LogP contribution >= 0.6 is 0 Å². The maximum absolute atomic E-state index is 12.0. The lowest BCUT2D eigenvalue weighted by molar-refractivity contribution is -0.154. The average molecular weight is 342 g/mol. The Morgan fingerprint density at radius 1 is 1.25 bits per heavy atom. The van der Waals surface area contributed by atoms with E-state index in [1.54, 1.807) is 12.1 Å². The van der Waals surface area contributed by atoms with Gasteiger partial charge in [0.15, 0.2) is 6.61 Å². The molecule has 1 N–H and O–H groups in total. The quantitative estimate of drug-likeness (QED) is 0.609. The van der Waals surface area contributed by atoms with Crippen molar-refractivity contribution >= 4 is 11.8 Å². The predicted molar refractivity (Wildman–Crippen MR) is 76.6 cm³/mol. The van der Waals surface area contributed by atoms with Gasteiger partial charge in [0, 0.05) is 18.5 Å². The average Bonchev–Trinajstić information content (AvgIpc) is 2.57. The summed E-state index contributed by atoms with van der Waals surface area (Å²) in [6, 6.07) is 5.85. The van der Waals surface area contributed by atoms with Crippen LogP contribution in [0.1, 0.15) is 10.4 Å². The number of rotatable bonds is 7. The van der Waals surface area contributed by atoms with E-state index in [4.69, 9.17) is 4.74 Å². The summed E-state index contributed by atoms with van der Waals surface area (Å²) < 4.78 is 45.4. The van der Waals surface area contributed by atoms with Crippen LogP contribution in [0.2, 0.25) is 0 Å². The van der Waals surface area contributed by atoms with Crippen molar-refractivity contribution in [3.05, 3.63) is 42.2 Å². The van der Waals surface area contributed by atoms with E-state index in [0.29, 0.717) is 12.4 Å². The van der Waals surface area contributed by atoms with Gasteiger partial charge in [0.05, 0.1) is 12.1 Å². The Hall–Kier alpha value is -2.91. The highest BCUT2D eigenvalue weighted by Gasteiger charge is 2.28. The number of carbonyl (C=O) groups is 1. The topological polar surface area (TPSA) is 86.2 Å². The summed E-state index contributed by atoms with van der Waals surface area (Å²) in [6.45, 7) is -1.05. The van der Waals surface area contributed by atoms with Gasteiger partial charge >= 0.3 is 12.1 Å². The number of carbonyl (C=O) groups excluding carboxylic acids is 1. The highest BCUT2D eigenvalue weighted by Crippen LogP contribution is 2.17. The summed E-state index contributed by atoms with van der Waals surface area (Å²) in [5, 5.41) is 10.4. The van der Waals surface area contributed by atoms with Crippen molar-refractivity contribution in [3.63, 3.8) is 0 Å². The fourth-order valence-corrected chi connectivity index (χ4v) is 1.54. The van der Waals surface area contributed by atoms with Gasteiger partial charge in [-0.2, -0.15) is 18.3 Å². The lowest BCUT2D eigenvalue weighted by Gasteiger charge is -2.09. The summed E-state index contributed by atoms with van der Waals surface area (Å²) >= 11 is 0. The molecule has 0 spiro atoms. The van der Waals surface area contributed by atoms with E-state index >= 15 is 0 Å². The Labute approximate surface area is 134 Å². The first-order valence-electron chi connectivity index (χ1n) is 6.78. The number of hydrogen-bond acceptors (Lipinski definition) is 7. The van der Waals surface area contributed by atoms with Crippen LogP contribution in [0.4, 0.5) is 19.0 Å². The van der Waals surface area contributed by atoms with E-state index in [2.05, 4.69) is 25.2 Å². The number of nitrogens with zero attached hydrogens (tertiary/aromatic N) is 3. The fraction of sp³-hybridized carbons (Fsp3) is 0.286. The largest absolute Gasteiger partial charge is 0.468 e. The van der Waals surface area contributed by atoms with Crippen molar-refractivity contribution < 1.29 is 27.4 Å². The molecule has 2 aromatic rings. The third-order valence-electron chi connectivity index (χ3n) is 2.57. The third-order valence-corrected chi connectivity index (χ3v) is 2.57. The number of nitrogens with one attached hydrogen (secondary N) is 1. The highest BCUT2D eigenvalue weighted by atomic mass is 19.4. The second-order valence-electron chi connectivity index (χ2n) is 4.46. The van der Waals surface area contributed by atoms with Crippen molar-refractivity contribution in [2.75, 3.05) is 25.1 Å². The standard InChI is InChI=1S/C14H13F3N4O3/c15-14(16,17)9-24-12-4-3-10(8-19-12)13(22)23-7-6-18-11-2-1-5-20-21-11/h1-5,8H,6-7,9H2,(H,18,21). The first kappa shape index (κ1) is 17.4.